The van der Waals surface area contributed by atoms with Gasteiger partial charge in [-0.05, 0) is 12.1 Å². The highest BCUT2D eigenvalue weighted by molar-refractivity contribution is 5.91. The molecule has 2 N–H and O–H groups in total. The Balaban J connectivity index is 1.69. The number of imidazole rings is 1. The Hall–Kier alpha value is -2.30. The molecule has 0 unspecified atom stereocenters. The van der Waals surface area contributed by atoms with Crippen molar-refractivity contribution in [2.45, 2.75) is 0 Å². The molecule has 0 aliphatic rings. The van der Waals surface area contributed by atoms with Crippen LogP contribution in [0.15, 0.2) is 42.9 Å². The zero-order valence-corrected chi connectivity index (χ0v) is 9.22. The molecule has 5 heteroatoms. The van der Waals surface area contributed by atoms with Gasteiger partial charge in [-0.3, -0.25) is 4.79 Å². The zero-order chi connectivity index (χ0) is 11.9. The van der Waals surface area contributed by atoms with Crippen LogP contribution in [0.2, 0.25) is 0 Å². The molecular formula is C12H13N3O2. The second-order valence-electron chi connectivity index (χ2n) is 3.38. The molecule has 88 valence electrons. The van der Waals surface area contributed by atoms with Gasteiger partial charge in [0, 0.05) is 0 Å². The third kappa shape index (κ3) is 3.34. The number of para-hydroxylation sites is 1. The smallest absolute Gasteiger partial charge is 0.269 e. The zero-order valence-electron chi connectivity index (χ0n) is 9.22. The number of amides is 1. The maximum atomic E-state index is 11.5. The van der Waals surface area contributed by atoms with E-state index in [-0.39, 0.29) is 5.91 Å². The van der Waals surface area contributed by atoms with Crippen LogP contribution >= 0.6 is 0 Å². The molecule has 0 saturated heterocycles. The quantitative estimate of drug-likeness (QED) is 0.760. The summed E-state index contributed by atoms with van der Waals surface area (Å²) in [7, 11) is 0. The van der Waals surface area contributed by atoms with E-state index in [0.717, 1.165) is 5.75 Å². The molecule has 1 aromatic heterocycles. The number of benzene rings is 1. The van der Waals surface area contributed by atoms with E-state index in [2.05, 4.69) is 15.3 Å². The molecular weight excluding hydrogens is 218 g/mol. The SMILES string of the molecule is O=C(NCCOc1ccccc1)c1cnc[nH]1. The minimum absolute atomic E-state index is 0.181. The minimum Gasteiger partial charge on any atom is -0.492 e. The van der Waals surface area contributed by atoms with Crippen molar-refractivity contribution in [1.82, 2.24) is 15.3 Å². The number of carbonyl (C=O) groups excluding carboxylic acids is 1. The van der Waals surface area contributed by atoms with Crippen molar-refractivity contribution in [3.05, 3.63) is 48.5 Å². The van der Waals surface area contributed by atoms with Crippen molar-refractivity contribution < 1.29 is 9.53 Å². The molecule has 2 aromatic rings. The lowest BCUT2D eigenvalue weighted by Crippen LogP contribution is -2.28. The normalized spacial score (nSPS) is 9.88. The van der Waals surface area contributed by atoms with Crippen LogP contribution in [0, 0.1) is 0 Å². The summed E-state index contributed by atoms with van der Waals surface area (Å²) >= 11 is 0. The summed E-state index contributed by atoms with van der Waals surface area (Å²) in [5, 5.41) is 2.72. The van der Waals surface area contributed by atoms with E-state index in [9.17, 15) is 4.79 Å². The Kier molecular flexibility index (Phi) is 3.75. The maximum absolute atomic E-state index is 11.5. The van der Waals surface area contributed by atoms with Gasteiger partial charge in [-0.1, -0.05) is 18.2 Å². The second-order valence-corrected chi connectivity index (χ2v) is 3.38. The molecule has 2 rings (SSSR count). The fourth-order valence-electron chi connectivity index (χ4n) is 1.33. The highest BCUT2D eigenvalue weighted by Crippen LogP contribution is 2.07. The van der Waals surface area contributed by atoms with E-state index in [0.29, 0.717) is 18.8 Å². The average molecular weight is 231 g/mol. The van der Waals surface area contributed by atoms with Gasteiger partial charge in [-0.25, -0.2) is 4.98 Å². The number of ether oxygens (including phenoxy) is 1. The number of nitrogens with zero attached hydrogens (tertiary/aromatic N) is 1. The van der Waals surface area contributed by atoms with Gasteiger partial charge in [-0.2, -0.15) is 0 Å². The summed E-state index contributed by atoms with van der Waals surface area (Å²) in [6.07, 6.45) is 2.95. The molecule has 0 spiro atoms. The molecule has 0 atom stereocenters. The summed E-state index contributed by atoms with van der Waals surface area (Å²) in [6.45, 7) is 0.886. The Labute approximate surface area is 98.8 Å². The standard InChI is InChI=1S/C12H13N3O2/c16-12(11-8-13-9-15-11)14-6-7-17-10-4-2-1-3-5-10/h1-5,8-9H,6-7H2,(H,13,15)(H,14,16). The van der Waals surface area contributed by atoms with Crippen LogP contribution < -0.4 is 10.1 Å². The van der Waals surface area contributed by atoms with Gasteiger partial charge in [0.05, 0.1) is 19.1 Å². The lowest BCUT2D eigenvalue weighted by atomic mass is 10.3. The molecule has 0 aliphatic heterocycles. The Morgan fingerprint density at radius 1 is 1.35 bits per heavy atom. The highest BCUT2D eigenvalue weighted by Gasteiger charge is 2.04. The number of aromatic nitrogens is 2. The molecule has 0 saturated carbocycles. The topological polar surface area (TPSA) is 67.0 Å². The van der Waals surface area contributed by atoms with Gasteiger partial charge in [0.25, 0.3) is 5.91 Å². The Morgan fingerprint density at radius 2 is 2.18 bits per heavy atom. The van der Waals surface area contributed by atoms with E-state index >= 15 is 0 Å². The van der Waals surface area contributed by atoms with Crippen molar-refractivity contribution in [3.63, 3.8) is 0 Å². The summed E-state index contributed by atoms with van der Waals surface area (Å²) in [4.78, 5) is 18.0. The van der Waals surface area contributed by atoms with Crippen LogP contribution in [0.1, 0.15) is 10.5 Å². The largest absolute Gasteiger partial charge is 0.492 e. The molecule has 0 radical (unpaired) electrons. The van der Waals surface area contributed by atoms with Crippen LogP contribution in [0.4, 0.5) is 0 Å². The number of nitrogens with one attached hydrogen (secondary N) is 2. The van der Waals surface area contributed by atoms with E-state index in [4.69, 9.17) is 4.74 Å². The van der Waals surface area contributed by atoms with Crippen molar-refractivity contribution in [2.75, 3.05) is 13.2 Å². The molecule has 17 heavy (non-hydrogen) atoms. The third-order valence-corrected chi connectivity index (χ3v) is 2.14. The first-order valence-electron chi connectivity index (χ1n) is 5.30. The van der Waals surface area contributed by atoms with E-state index in [1.807, 2.05) is 30.3 Å². The van der Waals surface area contributed by atoms with Gasteiger partial charge < -0.3 is 15.0 Å². The van der Waals surface area contributed by atoms with E-state index in [1.165, 1.54) is 12.5 Å². The number of aromatic amines is 1. The van der Waals surface area contributed by atoms with Gasteiger partial charge in [0.2, 0.25) is 0 Å². The molecule has 1 amide bonds. The monoisotopic (exact) mass is 231 g/mol. The molecule has 1 heterocycles. The first-order chi connectivity index (χ1) is 8.36. The molecule has 5 nitrogen and oxygen atoms in total. The van der Waals surface area contributed by atoms with Crippen LogP contribution in [-0.2, 0) is 0 Å². The summed E-state index contributed by atoms with van der Waals surface area (Å²) in [5.41, 5.74) is 0.449. The van der Waals surface area contributed by atoms with Crippen molar-refractivity contribution in [1.29, 1.82) is 0 Å². The molecule has 1 aromatic carbocycles. The first kappa shape index (κ1) is 11.2. The van der Waals surface area contributed by atoms with Crippen molar-refractivity contribution >= 4 is 5.91 Å². The number of hydrogen-bond donors (Lipinski definition) is 2. The predicted octanol–water partition coefficient (Wildman–Crippen LogP) is 1.22. The minimum atomic E-state index is -0.181. The summed E-state index contributed by atoms with van der Waals surface area (Å²) < 4.78 is 5.43. The number of carbonyl (C=O) groups is 1. The fourth-order valence-corrected chi connectivity index (χ4v) is 1.33. The molecule has 0 fully saturated rings. The summed E-state index contributed by atoms with van der Waals surface area (Å²) in [6, 6.07) is 9.47. The lowest BCUT2D eigenvalue weighted by molar-refractivity contribution is 0.0942. The van der Waals surface area contributed by atoms with Crippen molar-refractivity contribution in [2.24, 2.45) is 0 Å². The third-order valence-electron chi connectivity index (χ3n) is 2.14. The van der Waals surface area contributed by atoms with E-state index < -0.39 is 0 Å². The van der Waals surface area contributed by atoms with Gasteiger partial charge in [0.1, 0.15) is 18.1 Å². The number of H-pyrrole nitrogens is 1. The highest BCUT2D eigenvalue weighted by atomic mass is 16.5. The average Bonchev–Trinajstić information content (AvgIpc) is 2.89. The van der Waals surface area contributed by atoms with Crippen molar-refractivity contribution in [3.8, 4) is 5.75 Å². The van der Waals surface area contributed by atoms with Crippen LogP contribution in [0.5, 0.6) is 5.75 Å². The van der Waals surface area contributed by atoms with Gasteiger partial charge in [0.15, 0.2) is 0 Å². The summed E-state index contributed by atoms with van der Waals surface area (Å²) in [5.74, 6) is 0.613. The molecule has 0 bridgehead atoms. The fraction of sp³-hybridized carbons (Fsp3) is 0.167. The molecule has 0 aliphatic carbocycles. The van der Waals surface area contributed by atoms with E-state index in [1.54, 1.807) is 0 Å². The number of rotatable bonds is 5. The van der Waals surface area contributed by atoms with Crippen LogP contribution in [0.3, 0.4) is 0 Å². The lowest BCUT2D eigenvalue weighted by Gasteiger charge is -2.06. The van der Waals surface area contributed by atoms with Crippen LogP contribution in [-0.4, -0.2) is 29.0 Å². The van der Waals surface area contributed by atoms with Gasteiger partial charge in [-0.15, -0.1) is 0 Å². The Bertz CT molecular complexity index is 454. The predicted molar refractivity (Wildman–Crippen MR) is 62.9 cm³/mol. The maximum Gasteiger partial charge on any atom is 0.269 e. The second kappa shape index (κ2) is 5.69. The Morgan fingerprint density at radius 3 is 2.88 bits per heavy atom. The number of hydrogen-bond acceptors (Lipinski definition) is 3. The van der Waals surface area contributed by atoms with Crippen LogP contribution in [0.25, 0.3) is 0 Å². The van der Waals surface area contributed by atoms with Gasteiger partial charge >= 0.3 is 0 Å². The first-order valence-corrected chi connectivity index (χ1v) is 5.30.